The first-order valence-electron chi connectivity index (χ1n) is 8.94. The van der Waals surface area contributed by atoms with Gasteiger partial charge in [0.25, 0.3) is 0 Å². The summed E-state index contributed by atoms with van der Waals surface area (Å²) < 4.78 is 0. The fraction of sp³-hybridized carbons (Fsp3) is 0.579. The number of piperidine rings is 1. The average Bonchev–Trinajstić information content (AvgIpc) is 2.61. The van der Waals surface area contributed by atoms with Gasteiger partial charge in [-0.1, -0.05) is 19.1 Å². The zero-order valence-electron chi connectivity index (χ0n) is 14.7. The summed E-state index contributed by atoms with van der Waals surface area (Å²) in [4.78, 5) is 30.6. The maximum Gasteiger partial charge on any atom is 0.312 e. The van der Waals surface area contributed by atoms with Gasteiger partial charge in [-0.3, -0.25) is 9.59 Å². The fourth-order valence-electron chi connectivity index (χ4n) is 3.47. The molecule has 2 aliphatic heterocycles. The smallest absolute Gasteiger partial charge is 0.312 e. The number of carbonyl (C=O) groups is 2. The average molecular weight is 329 g/mol. The third-order valence-electron chi connectivity index (χ3n) is 5.19. The van der Waals surface area contributed by atoms with Gasteiger partial charge < -0.3 is 14.7 Å². The number of amides is 2. The van der Waals surface area contributed by atoms with Gasteiger partial charge in [-0.2, -0.15) is 0 Å². The molecule has 0 atom stereocenters. The lowest BCUT2D eigenvalue weighted by Crippen LogP contribution is -2.54. The van der Waals surface area contributed by atoms with Crippen LogP contribution in [0.15, 0.2) is 24.3 Å². The number of piperazine rings is 1. The van der Waals surface area contributed by atoms with E-state index in [2.05, 4.69) is 43.0 Å². The SMILES string of the molecule is Cc1cccc(N2CCN(C(=O)C(=O)N3CCC(C)CC3)CC2)c1. The summed E-state index contributed by atoms with van der Waals surface area (Å²) in [7, 11) is 0. The Morgan fingerprint density at radius 3 is 2.08 bits per heavy atom. The second kappa shape index (κ2) is 7.24. The van der Waals surface area contributed by atoms with Crippen LogP contribution in [0.25, 0.3) is 0 Å². The standard InChI is InChI=1S/C19H27N3O2/c1-15-6-8-21(9-7-15)18(23)19(24)22-12-10-20(11-13-22)17-5-3-4-16(2)14-17/h3-5,14-15H,6-13H2,1-2H3. The Labute approximate surface area is 144 Å². The summed E-state index contributed by atoms with van der Waals surface area (Å²) in [5.41, 5.74) is 2.43. The number of aryl methyl sites for hydroxylation is 1. The minimum absolute atomic E-state index is 0.314. The van der Waals surface area contributed by atoms with E-state index >= 15 is 0 Å². The van der Waals surface area contributed by atoms with E-state index in [1.807, 2.05) is 0 Å². The Balaban J connectivity index is 1.54. The topological polar surface area (TPSA) is 43.9 Å². The monoisotopic (exact) mass is 329 g/mol. The molecule has 0 unspecified atom stereocenters. The molecule has 5 heteroatoms. The van der Waals surface area contributed by atoms with Gasteiger partial charge in [0.1, 0.15) is 0 Å². The van der Waals surface area contributed by atoms with E-state index in [0.29, 0.717) is 19.0 Å². The van der Waals surface area contributed by atoms with Crippen LogP contribution in [-0.4, -0.2) is 60.9 Å². The first-order valence-corrected chi connectivity index (χ1v) is 8.94. The molecule has 2 aliphatic rings. The molecular weight excluding hydrogens is 302 g/mol. The molecule has 0 aliphatic carbocycles. The minimum Gasteiger partial charge on any atom is -0.368 e. The zero-order chi connectivity index (χ0) is 17.1. The van der Waals surface area contributed by atoms with Crippen LogP contribution in [0.2, 0.25) is 0 Å². The summed E-state index contributed by atoms with van der Waals surface area (Å²) in [6.07, 6.45) is 2.00. The van der Waals surface area contributed by atoms with Gasteiger partial charge in [-0.05, 0) is 43.4 Å². The number of hydrogen-bond acceptors (Lipinski definition) is 3. The van der Waals surface area contributed by atoms with Crippen molar-refractivity contribution in [1.29, 1.82) is 0 Å². The quantitative estimate of drug-likeness (QED) is 0.739. The maximum atomic E-state index is 12.5. The summed E-state index contributed by atoms with van der Waals surface area (Å²) in [5, 5.41) is 0. The third-order valence-corrected chi connectivity index (χ3v) is 5.19. The minimum atomic E-state index is -0.326. The first kappa shape index (κ1) is 16.8. The van der Waals surface area contributed by atoms with Gasteiger partial charge in [0.2, 0.25) is 0 Å². The number of benzene rings is 1. The molecule has 2 saturated heterocycles. The number of likely N-dealkylation sites (tertiary alicyclic amines) is 1. The van der Waals surface area contributed by atoms with Crippen LogP contribution in [0.5, 0.6) is 0 Å². The van der Waals surface area contributed by atoms with Crippen molar-refractivity contribution < 1.29 is 9.59 Å². The molecular formula is C19H27N3O2. The Morgan fingerprint density at radius 2 is 1.50 bits per heavy atom. The molecule has 0 N–H and O–H groups in total. The summed E-state index contributed by atoms with van der Waals surface area (Å²) in [5.74, 6) is 0.0152. The highest BCUT2D eigenvalue weighted by Crippen LogP contribution is 2.19. The van der Waals surface area contributed by atoms with Gasteiger partial charge in [-0.25, -0.2) is 0 Å². The molecule has 24 heavy (non-hydrogen) atoms. The van der Waals surface area contributed by atoms with Crippen molar-refractivity contribution in [2.75, 3.05) is 44.2 Å². The number of anilines is 1. The van der Waals surface area contributed by atoms with Crippen molar-refractivity contribution in [2.45, 2.75) is 26.7 Å². The lowest BCUT2D eigenvalue weighted by atomic mass is 9.99. The number of hydrogen-bond donors (Lipinski definition) is 0. The molecule has 0 spiro atoms. The molecule has 130 valence electrons. The third kappa shape index (κ3) is 3.71. The van der Waals surface area contributed by atoms with Crippen molar-refractivity contribution in [3.63, 3.8) is 0 Å². The first-order chi connectivity index (χ1) is 11.5. The van der Waals surface area contributed by atoms with E-state index in [9.17, 15) is 9.59 Å². The predicted molar refractivity (Wildman–Crippen MR) is 95.0 cm³/mol. The maximum absolute atomic E-state index is 12.5. The molecule has 5 nitrogen and oxygen atoms in total. The van der Waals surface area contributed by atoms with Crippen LogP contribution in [0.1, 0.15) is 25.3 Å². The van der Waals surface area contributed by atoms with E-state index < -0.39 is 0 Å². The molecule has 1 aromatic rings. The van der Waals surface area contributed by atoms with Crippen molar-refractivity contribution >= 4 is 17.5 Å². The van der Waals surface area contributed by atoms with Crippen molar-refractivity contribution in [1.82, 2.24) is 9.80 Å². The van der Waals surface area contributed by atoms with Crippen molar-refractivity contribution in [3.05, 3.63) is 29.8 Å². The molecule has 3 rings (SSSR count). The van der Waals surface area contributed by atoms with Gasteiger partial charge in [-0.15, -0.1) is 0 Å². The number of carbonyl (C=O) groups excluding carboxylic acids is 2. The van der Waals surface area contributed by atoms with E-state index in [0.717, 1.165) is 39.0 Å². The van der Waals surface area contributed by atoms with E-state index in [1.54, 1.807) is 9.80 Å². The van der Waals surface area contributed by atoms with Crippen molar-refractivity contribution in [2.24, 2.45) is 5.92 Å². The van der Waals surface area contributed by atoms with Crippen LogP contribution in [-0.2, 0) is 9.59 Å². The molecule has 2 fully saturated rings. The largest absolute Gasteiger partial charge is 0.368 e. The Hall–Kier alpha value is -2.04. The van der Waals surface area contributed by atoms with Crippen molar-refractivity contribution in [3.8, 4) is 0 Å². The highest BCUT2D eigenvalue weighted by molar-refractivity contribution is 6.34. The Kier molecular flexibility index (Phi) is 5.07. The highest BCUT2D eigenvalue weighted by Gasteiger charge is 2.31. The van der Waals surface area contributed by atoms with Crippen LogP contribution in [0.4, 0.5) is 5.69 Å². The molecule has 0 radical (unpaired) electrons. The lowest BCUT2D eigenvalue weighted by Gasteiger charge is -2.37. The molecule has 0 saturated carbocycles. The van der Waals surface area contributed by atoms with Gasteiger partial charge >= 0.3 is 11.8 Å². The fourth-order valence-corrected chi connectivity index (χ4v) is 3.47. The highest BCUT2D eigenvalue weighted by atomic mass is 16.2. The number of rotatable bonds is 1. The van der Waals surface area contributed by atoms with Crippen LogP contribution < -0.4 is 4.90 Å². The molecule has 0 bridgehead atoms. The second-order valence-corrected chi connectivity index (χ2v) is 7.09. The summed E-state index contributed by atoms with van der Waals surface area (Å²) in [6, 6.07) is 8.41. The molecule has 2 heterocycles. The second-order valence-electron chi connectivity index (χ2n) is 7.09. The van der Waals surface area contributed by atoms with Gasteiger partial charge in [0, 0.05) is 45.0 Å². The zero-order valence-corrected chi connectivity index (χ0v) is 14.7. The summed E-state index contributed by atoms with van der Waals surface area (Å²) >= 11 is 0. The Bertz CT molecular complexity index is 600. The Morgan fingerprint density at radius 1 is 0.917 bits per heavy atom. The van der Waals surface area contributed by atoms with E-state index in [4.69, 9.17) is 0 Å². The normalized spacial score (nSPS) is 19.5. The summed E-state index contributed by atoms with van der Waals surface area (Å²) in [6.45, 7) is 8.50. The van der Waals surface area contributed by atoms with Crippen LogP contribution in [0.3, 0.4) is 0 Å². The van der Waals surface area contributed by atoms with Gasteiger partial charge in [0.15, 0.2) is 0 Å². The van der Waals surface area contributed by atoms with E-state index in [-0.39, 0.29) is 11.8 Å². The lowest BCUT2D eigenvalue weighted by molar-refractivity contribution is -0.152. The molecule has 0 aromatic heterocycles. The molecule has 2 amide bonds. The molecule has 1 aromatic carbocycles. The van der Waals surface area contributed by atoms with Crippen LogP contribution >= 0.6 is 0 Å². The van der Waals surface area contributed by atoms with Gasteiger partial charge in [0.05, 0.1) is 0 Å². The van der Waals surface area contributed by atoms with E-state index in [1.165, 1.54) is 11.3 Å². The van der Waals surface area contributed by atoms with Crippen LogP contribution in [0, 0.1) is 12.8 Å². The number of nitrogens with zero attached hydrogens (tertiary/aromatic N) is 3. The predicted octanol–water partition coefficient (Wildman–Crippen LogP) is 1.90.